The van der Waals surface area contributed by atoms with E-state index in [4.69, 9.17) is 21.1 Å². The highest BCUT2D eigenvalue weighted by Crippen LogP contribution is 2.35. The number of aryl methyl sites for hydroxylation is 1. The summed E-state index contributed by atoms with van der Waals surface area (Å²) in [7, 11) is 0. The molecule has 2 aliphatic heterocycles. The number of amides is 2. The number of nitrogens with zero attached hydrogens (tertiary/aromatic N) is 2. The van der Waals surface area contributed by atoms with Gasteiger partial charge in [0.25, 0.3) is 11.8 Å². The van der Waals surface area contributed by atoms with Gasteiger partial charge < -0.3 is 19.7 Å². The van der Waals surface area contributed by atoms with Crippen molar-refractivity contribution in [3.8, 4) is 22.6 Å². The summed E-state index contributed by atoms with van der Waals surface area (Å²) >= 11 is 6.22. The number of rotatable bonds is 5. The molecule has 0 unspecified atom stereocenters. The third kappa shape index (κ3) is 4.28. The van der Waals surface area contributed by atoms with Gasteiger partial charge in [-0.2, -0.15) is 0 Å². The van der Waals surface area contributed by atoms with Crippen LogP contribution in [0.2, 0.25) is 5.02 Å². The Bertz CT molecular complexity index is 1290. The first-order chi connectivity index (χ1) is 16.4. The molecule has 0 bridgehead atoms. The quantitative estimate of drug-likeness (QED) is 0.586. The zero-order valence-electron chi connectivity index (χ0n) is 18.3. The van der Waals surface area contributed by atoms with Gasteiger partial charge in [-0.15, -0.1) is 0 Å². The Kier molecular flexibility index (Phi) is 5.83. The summed E-state index contributed by atoms with van der Waals surface area (Å²) in [6, 6.07) is 11.7. The number of aromatic nitrogens is 1. The van der Waals surface area contributed by atoms with Gasteiger partial charge in [0.15, 0.2) is 6.61 Å². The van der Waals surface area contributed by atoms with Crippen molar-refractivity contribution in [1.82, 2.24) is 9.88 Å². The molecular formula is C25H21ClFN3O4. The van der Waals surface area contributed by atoms with Crippen LogP contribution in [0.3, 0.4) is 0 Å². The summed E-state index contributed by atoms with van der Waals surface area (Å²) < 4.78 is 25.8. The zero-order chi connectivity index (χ0) is 23.8. The largest absolute Gasteiger partial charge is 0.493 e. The van der Waals surface area contributed by atoms with Crippen LogP contribution < -0.4 is 14.8 Å². The lowest BCUT2D eigenvalue weighted by Gasteiger charge is -2.39. The highest BCUT2D eigenvalue weighted by Gasteiger charge is 2.34. The molecule has 3 heterocycles. The van der Waals surface area contributed by atoms with Crippen LogP contribution in [0.25, 0.3) is 11.1 Å². The molecule has 0 spiro atoms. The number of anilines is 1. The van der Waals surface area contributed by atoms with Crippen molar-refractivity contribution in [2.45, 2.75) is 6.92 Å². The minimum atomic E-state index is -0.683. The molecule has 0 radical (unpaired) electrons. The average molecular weight is 482 g/mol. The monoisotopic (exact) mass is 481 g/mol. The Morgan fingerprint density at radius 1 is 1.26 bits per heavy atom. The molecular weight excluding hydrogens is 461 g/mol. The number of carbonyl (C=O) groups excluding carboxylic acids is 2. The third-order valence-corrected chi connectivity index (χ3v) is 6.13. The van der Waals surface area contributed by atoms with Crippen LogP contribution in [0.15, 0.2) is 48.7 Å². The molecule has 0 atom stereocenters. The normalized spacial score (nSPS) is 15.1. The van der Waals surface area contributed by atoms with Crippen LogP contribution in [0.4, 0.5) is 10.1 Å². The van der Waals surface area contributed by atoms with Crippen LogP contribution in [0.5, 0.6) is 11.5 Å². The number of fused-ring (bicyclic) bond motifs is 1. The Labute approximate surface area is 200 Å². The Morgan fingerprint density at radius 3 is 2.88 bits per heavy atom. The molecule has 3 aromatic rings. The molecule has 1 saturated heterocycles. The van der Waals surface area contributed by atoms with Crippen LogP contribution in [-0.2, 0) is 4.79 Å². The summed E-state index contributed by atoms with van der Waals surface area (Å²) in [5, 5.41) is 3.19. The smallest absolute Gasteiger partial charge is 0.262 e. The second kappa shape index (κ2) is 8.95. The molecule has 2 aromatic carbocycles. The first-order valence-corrected chi connectivity index (χ1v) is 11.2. The maximum Gasteiger partial charge on any atom is 0.262 e. The Balaban J connectivity index is 1.24. The maximum absolute atomic E-state index is 14.5. The van der Waals surface area contributed by atoms with Gasteiger partial charge >= 0.3 is 0 Å². The lowest BCUT2D eigenvalue weighted by atomic mass is 9.99. The molecule has 1 aromatic heterocycles. The van der Waals surface area contributed by atoms with Gasteiger partial charge in [0, 0.05) is 53.1 Å². The lowest BCUT2D eigenvalue weighted by Crippen LogP contribution is -2.52. The molecule has 2 aliphatic rings. The van der Waals surface area contributed by atoms with Crippen LogP contribution in [0, 0.1) is 18.7 Å². The average Bonchev–Trinajstić information content (AvgIpc) is 2.79. The van der Waals surface area contributed by atoms with Crippen LogP contribution >= 0.6 is 11.6 Å². The maximum atomic E-state index is 14.5. The molecule has 174 valence electrons. The molecule has 0 aliphatic carbocycles. The lowest BCUT2D eigenvalue weighted by molar-refractivity contribution is -0.118. The van der Waals surface area contributed by atoms with Crippen molar-refractivity contribution in [3.63, 3.8) is 0 Å². The van der Waals surface area contributed by atoms with Crippen LogP contribution in [-0.4, -0.2) is 48.0 Å². The standard InChI is InChI=1S/C25H21ClFN3O4/c1-14-17(3-2-6-28-14)18-7-16(26)4-5-22(18)33-12-15-10-30(11-15)25(32)19-8-21-23(9-20(19)27)34-13-24(31)29-21/h2-9,15H,10-13H2,1H3,(H,29,31). The van der Waals surface area contributed by atoms with E-state index in [1.54, 1.807) is 17.2 Å². The number of nitrogens with one attached hydrogen (secondary N) is 1. The Hall–Kier alpha value is -3.65. The second-order valence-corrected chi connectivity index (χ2v) is 8.77. The summed E-state index contributed by atoms with van der Waals surface area (Å²) in [4.78, 5) is 30.2. The van der Waals surface area contributed by atoms with E-state index in [-0.39, 0.29) is 29.7 Å². The minimum absolute atomic E-state index is 0.101. The van der Waals surface area contributed by atoms with Gasteiger partial charge in [-0.25, -0.2) is 4.39 Å². The Morgan fingerprint density at radius 2 is 2.09 bits per heavy atom. The number of pyridine rings is 1. The van der Waals surface area contributed by atoms with E-state index < -0.39 is 11.7 Å². The summed E-state index contributed by atoms with van der Waals surface area (Å²) in [6.45, 7) is 3.02. The number of likely N-dealkylation sites (tertiary alicyclic amines) is 1. The first-order valence-electron chi connectivity index (χ1n) is 10.8. The van der Waals surface area contributed by atoms with Crippen molar-refractivity contribution in [1.29, 1.82) is 0 Å². The van der Waals surface area contributed by atoms with Crippen molar-refractivity contribution < 1.29 is 23.5 Å². The van der Waals surface area contributed by atoms with Gasteiger partial charge in [-0.3, -0.25) is 14.6 Å². The summed E-state index contributed by atoms with van der Waals surface area (Å²) in [6.07, 6.45) is 1.73. The predicted octanol–water partition coefficient (Wildman–Crippen LogP) is 4.33. The van der Waals surface area contributed by atoms with Crippen molar-refractivity contribution in [3.05, 3.63) is 70.8 Å². The second-order valence-electron chi connectivity index (χ2n) is 8.33. The number of carbonyl (C=O) groups is 2. The topological polar surface area (TPSA) is 80.8 Å². The molecule has 34 heavy (non-hydrogen) atoms. The number of hydrogen-bond donors (Lipinski definition) is 1. The molecule has 5 rings (SSSR count). The van der Waals surface area contributed by atoms with Gasteiger partial charge in [-0.1, -0.05) is 17.7 Å². The highest BCUT2D eigenvalue weighted by molar-refractivity contribution is 6.31. The molecule has 1 fully saturated rings. The molecule has 1 N–H and O–H groups in total. The van der Waals surface area contributed by atoms with Gasteiger partial charge in [0.05, 0.1) is 17.9 Å². The fourth-order valence-corrected chi connectivity index (χ4v) is 4.26. The SMILES string of the molecule is Cc1ncccc1-c1cc(Cl)ccc1OCC1CN(C(=O)c2cc3c(cc2F)OCC(=O)N3)C1. The minimum Gasteiger partial charge on any atom is -0.493 e. The van der Waals surface area contributed by atoms with Crippen molar-refractivity contribution in [2.75, 3.05) is 31.6 Å². The number of ether oxygens (including phenoxy) is 2. The van der Waals surface area contributed by atoms with E-state index in [1.807, 2.05) is 31.2 Å². The molecule has 2 amide bonds. The molecule has 9 heteroatoms. The van der Waals surface area contributed by atoms with Crippen molar-refractivity contribution >= 4 is 29.1 Å². The van der Waals surface area contributed by atoms with Gasteiger partial charge in [0.2, 0.25) is 0 Å². The number of halogens is 2. The summed E-state index contributed by atoms with van der Waals surface area (Å²) in [5.41, 5.74) is 2.84. The van der Waals surface area contributed by atoms with E-state index in [2.05, 4.69) is 10.3 Å². The van der Waals surface area contributed by atoms with Crippen LogP contribution in [0.1, 0.15) is 16.1 Å². The highest BCUT2D eigenvalue weighted by atomic mass is 35.5. The molecule has 0 saturated carbocycles. The molecule has 7 nitrogen and oxygen atoms in total. The van der Waals surface area contributed by atoms with E-state index >= 15 is 0 Å². The van der Waals surface area contributed by atoms with Crippen molar-refractivity contribution in [2.24, 2.45) is 5.92 Å². The number of hydrogen-bond acceptors (Lipinski definition) is 5. The third-order valence-electron chi connectivity index (χ3n) is 5.89. The fourth-order valence-electron chi connectivity index (χ4n) is 4.09. The van der Waals surface area contributed by atoms with E-state index in [9.17, 15) is 14.0 Å². The predicted molar refractivity (Wildman–Crippen MR) is 125 cm³/mol. The first kappa shape index (κ1) is 22.2. The summed E-state index contributed by atoms with van der Waals surface area (Å²) in [5.74, 6) is -0.465. The van der Waals surface area contributed by atoms with Gasteiger partial charge in [0.1, 0.15) is 17.3 Å². The van der Waals surface area contributed by atoms with E-state index in [0.29, 0.717) is 36.2 Å². The fraction of sp³-hybridized carbons (Fsp3) is 0.240. The number of benzene rings is 2. The van der Waals surface area contributed by atoms with E-state index in [1.165, 1.54) is 6.07 Å². The van der Waals surface area contributed by atoms with E-state index in [0.717, 1.165) is 22.9 Å². The zero-order valence-corrected chi connectivity index (χ0v) is 19.1. The van der Waals surface area contributed by atoms with Gasteiger partial charge in [-0.05, 0) is 37.3 Å².